The Morgan fingerprint density at radius 2 is 1.72 bits per heavy atom. The molecule has 2 N–H and O–H groups in total. The van der Waals surface area contributed by atoms with E-state index in [9.17, 15) is 18.0 Å². The number of nitrogens with zero attached hydrogens (tertiary/aromatic N) is 2. The number of carbonyl (C=O) groups is 2. The molecular formula is C22H22N4O5S. The molecule has 4 rings (SSSR count). The van der Waals surface area contributed by atoms with Crippen LogP contribution in [0.2, 0.25) is 0 Å². The topological polar surface area (TPSA) is 119 Å². The minimum atomic E-state index is -3.35. The highest BCUT2D eigenvalue weighted by Gasteiger charge is 2.33. The second-order valence-corrected chi connectivity index (χ2v) is 9.60. The molecule has 1 aliphatic heterocycles. The first-order valence-corrected chi connectivity index (χ1v) is 11.7. The summed E-state index contributed by atoms with van der Waals surface area (Å²) in [5.41, 5.74) is 3.28. The molecule has 2 amide bonds. The summed E-state index contributed by atoms with van der Waals surface area (Å²) >= 11 is 0. The molecule has 0 atom stereocenters. The summed E-state index contributed by atoms with van der Waals surface area (Å²) in [5.74, 6) is -1.40. The van der Waals surface area contributed by atoms with Crippen LogP contribution in [-0.2, 0) is 37.5 Å². The lowest BCUT2D eigenvalue weighted by Gasteiger charge is -2.12. The molecule has 0 spiro atoms. The molecule has 0 fully saturated rings. The minimum absolute atomic E-state index is 0.168. The number of aryl methyl sites for hydroxylation is 1. The van der Waals surface area contributed by atoms with Crippen LogP contribution in [0.5, 0.6) is 5.75 Å². The fraction of sp³-hybridized carbons (Fsp3) is 0.227. The maximum absolute atomic E-state index is 12.6. The van der Waals surface area contributed by atoms with Crippen molar-refractivity contribution in [2.75, 3.05) is 12.4 Å². The SMILES string of the molecule is COc1ccc(-n2nc3c(c2NC(=O)C(=O)NCc2ccc(C)cc2)CS(=O)(=O)C3)cc1. The van der Waals surface area contributed by atoms with E-state index in [0.717, 1.165) is 11.1 Å². The average Bonchev–Trinajstić information content (AvgIpc) is 3.25. The van der Waals surface area contributed by atoms with Gasteiger partial charge in [-0.1, -0.05) is 29.8 Å². The zero-order valence-electron chi connectivity index (χ0n) is 17.6. The van der Waals surface area contributed by atoms with Gasteiger partial charge < -0.3 is 15.4 Å². The monoisotopic (exact) mass is 454 g/mol. The van der Waals surface area contributed by atoms with Gasteiger partial charge in [0.15, 0.2) is 9.84 Å². The van der Waals surface area contributed by atoms with Crippen LogP contribution in [0.4, 0.5) is 5.82 Å². The zero-order valence-corrected chi connectivity index (χ0v) is 18.4. The van der Waals surface area contributed by atoms with Crippen molar-refractivity contribution in [1.29, 1.82) is 0 Å². The van der Waals surface area contributed by atoms with E-state index in [1.807, 2.05) is 31.2 Å². The van der Waals surface area contributed by atoms with Crippen molar-refractivity contribution >= 4 is 27.5 Å². The molecule has 3 aromatic rings. The molecule has 0 aliphatic carbocycles. The summed E-state index contributed by atoms with van der Waals surface area (Å²) < 4.78 is 30.7. The third-order valence-electron chi connectivity index (χ3n) is 5.12. The molecule has 166 valence electrons. The number of carbonyl (C=O) groups excluding carboxylic acids is 2. The van der Waals surface area contributed by atoms with Gasteiger partial charge >= 0.3 is 11.8 Å². The molecule has 0 radical (unpaired) electrons. The quantitative estimate of drug-likeness (QED) is 0.568. The number of fused-ring (bicyclic) bond motifs is 1. The van der Waals surface area contributed by atoms with Crippen molar-refractivity contribution in [1.82, 2.24) is 15.1 Å². The van der Waals surface area contributed by atoms with E-state index in [1.165, 1.54) is 4.68 Å². The Hall–Kier alpha value is -3.66. The third-order valence-corrected chi connectivity index (χ3v) is 6.56. The molecule has 2 aromatic carbocycles. The molecule has 0 bridgehead atoms. The lowest BCUT2D eigenvalue weighted by Crippen LogP contribution is -2.35. The van der Waals surface area contributed by atoms with Gasteiger partial charge in [-0.15, -0.1) is 0 Å². The number of ether oxygens (including phenoxy) is 1. The highest BCUT2D eigenvalue weighted by Crippen LogP contribution is 2.33. The number of methoxy groups -OCH3 is 1. The molecule has 9 nitrogen and oxygen atoms in total. The summed E-state index contributed by atoms with van der Waals surface area (Å²) in [6, 6.07) is 14.5. The predicted octanol–water partition coefficient (Wildman–Crippen LogP) is 1.87. The molecule has 0 saturated carbocycles. The van der Waals surface area contributed by atoms with E-state index in [2.05, 4.69) is 15.7 Å². The van der Waals surface area contributed by atoms with E-state index in [4.69, 9.17) is 4.74 Å². The standard InChI is InChI=1S/C22H22N4O5S/c1-14-3-5-15(6-4-14)11-23-21(27)22(28)24-20-18-12-32(29,30)13-19(18)25-26(20)16-7-9-17(31-2)10-8-16/h3-10H,11-13H2,1-2H3,(H,23,27)(H,24,28). The van der Waals surface area contributed by atoms with E-state index in [0.29, 0.717) is 22.7 Å². The number of benzene rings is 2. The Morgan fingerprint density at radius 1 is 1.03 bits per heavy atom. The fourth-order valence-electron chi connectivity index (χ4n) is 3.41. The maximum Gasteiger partial charge on any atom is 0.314 e. The molecule has 0 unspecified atom stereocenters. The number of rotatable bonds is 5. The van der Waals surface area contributed by atoms with Gasteiger partial charge in [-0.2, -0.15) is 5.10 Å². The Bertz CT molecular complexity index is 1280. The van der Waals surface area contributed by atoms with Gasteiger partial charge in [-0.05, 0) is 36.8 Å². The Kier molecular flexibility index (Phi) is 5.70. The number of hydrogen-bond donors (Lipinski definition) is 2. The van der Waals surface area contributed by atoms with Gasteiger partial charge in [-0.25, -0.2) is 13.1 Å². The fourth-order valence-corrected chi connectivity index (χ4v) is 4.91. The first-order chi connectivity index (χ1) is 15.3. The Balaban J connectivity index is 1.56. The van der Waals surface area contributed by atoms with Crippen molar-refractivity contribution in [2.24, 2.45) is 0 Å². The van der Waals surface area contributed by atoms with Gasteiger partial charge in [0.1, 0.15) is 11.6 Å². The van der Waals surface area contributed by atoms with Gasteiger partial charge in [-0.3, -0.25) is 9.59 Å². The van der Waals surface area contributed by atoms with Gasteiger partial charge in [0.05, 0.1) is 30.0 Å². The summed E-state index contributed by atoms with van der Waals surface area (Å²) in [6.45, 7) is 2.15. The lowest BCUT2D eigenvalue weighted by atomic mass is 10.1. The minimum Gasteiger partial charge on any atom is -0.497 e. The zero-order chi connectivity index (χ0) is 22.9. The Morgan fingerprint density at radius 3 is 2.38 bits per heavy atom. The van der Waals surface area contributed by atoms with Crippen LogP contribution in [0, 0.1) is 6.92 Å². The van der Waals surface area contributed by atoms with Gasteiger partial charge in [0, 0.05) is 12.1 Å². The molecule has 32 heavy (non-hydrogen) atoms. The smallest absolute Gasteiger partial charge is 0.314 e. The molecule has 1 aliphatic rings. The first kappa shape index (κ1) is 21.6. The van der Waals surface area contributed by atoms with Crippen molar-refractivity contribution in [3.05, 3.63) is 70.9 Å². The van der Waals surface area contributed by atoms with E-state index in [-0.39, 0.29) is 23.9 Å². The average molecular weight is 455 g/mol. The van der Waals surface area contributed by atoms with E-state index in [1.54, 1.807) is 31.4 Å². The van der Waals surface area contributed by atoms with E-state index >= 15 is 0 Å². The molecular weight excluding hydrogens is 432 g/mol. The van der Waals surface area contributed by atoms with Gasteiger partial charge in [0.25, 0.3) is 0 Å². The summed E-state index contributed by atoms with van der Waals surface area (Å²) in [7, 11) is -1.80. The Labute approximate surface area is 185 Å². The van der Waals surface area contributed by atoms with Crippen LogP contribution in [0.25, 0.3) is 5.69 Å². The summed E-state index contributed by atoms with van der Waals surface area (Å²) in [5, 5.41) is 9.50. The maximum atomic E-state index is 12.6. The predicted molar refractivity (Wildman–Crippen MR) is 118 cm³/mol. The van der Waals surface area contributed by atoms with Crippen LogP contribution < -0.4 is 15.4 Å². The lowest BCUT2D eigenvalue weighted by molar-refractivity contribution is -0.136. The van der Waals surface area contributed by atoms with Crippen LogP contribution in [0.3, 0.4) is 0 Å². The normalized spacial score (nSPS) is 13.9. The highest BCUT2D eigenvalue weighted by molar-refractivity contribution is 7.90. The third kappa shape index (κ3) is 4.50. The number of hydrogen-bond acceptors (Lipinski definition) is 6. The molecule has 10 heteroatoms. The summed E-state index contributed by atoms with van der Waals surface area (Å²) in [4.78, 5) is 25.0. The number of aromatic nitrogens is 2. The van der Waals surface area contributed by atoms with Crippen LogP contribution in [0.1, 0.15) is 22.4 Å². The second kappa shape index (κ2) is 8.46. The molecule has 0 saturated heterocycles. The van der Waals surface area contributed by atoms with Crippen LogP contribution in [0.15, 0.2) is 48.5 Å². The van der Waals surface area contributed by atoms with Gasteiger partial charge in [0.2, 0.25) is 0 Å². The van der Waals surface area contributed by atoms with Crippen LogP contribution >= 0.6 is 0 Å². The number of amides is 2. The van der Waals surface area contributed by atoms with Crippen molar-refractivity contribution in [3.63, 3.8) is 0 Å². The number of sulfone groups is 1. The number of nitrogens with one attached hydrogen (secondary N) is 2. The second-order valence-electron chi connectivity index (χ2n) is 7.54. The van der Waals surface area contributed by atoms with Crippen molar-refractivity contribution < 1.29 is 22.7 Å². The summed E-state index contributed by atoms with van der Waals surface area (Å²) in [6.07, 6.45) is 0. The van der Waals surface area contributed by atoms with E-state index < -0.39 is 21.7 Å². The molecule has 2 heterocycles. The molecule has 1 aromatic heterocycles. The largest absolute Gasteiger partial charge is 0.497 e. The number of anilines is 1. The highest BCUT2D eigenvalue weighted by atomic mass is 32.2. The van der Waals surface area contributed by atoms with Crippen molar-refractivity contribution in [3.8, 4) is 11.4 Å². The first-order valence-electron chi connectivity index (χ1n) is 9.86. The van der Waals surface area contributed by atoms with Crippen LogP contribution in [-0.4, -0.2) is 37.1 Å². The van der Waals surface area contributed by atoms with Crippen molar-refractivity contribution in [2.45, 2.75) is 25.0 Å².